The van der Waals surface area contributed by atoms with Crippen LogP contribution in [0.2, 0.25) is 0 Å². The summed E-state index contributed by atoms with van der Waals surface area (Å²) in [6.45, 7) is 9.75. The Kier molecular flexibility index (Phi) is 8.57. The number of aromatic nitrogens is 5. The molecular formula is C30H37FN6O5S. The van der Waals surface area contributed by atoms with Gasteiger partial charge < -0.3 is 14.4 Å². The maximum absolute atomic E-state index is 14.5. The second-order valence-corrected chi connectivity index (χ2v) is 12.5. The van der Waals surface area contributed by atoms with E-state index >= 15 is 0 Å². The molecule has 1 saturated heterocycles. The Labute approximate surface area is 252 Å². The van der Waals surface area contributed by atoms with Crippen molar-refractivity contribution >= 4 is 27.5 Å². The number of piperidine rings is 1. The Morgan fingerprint density at radius 1 is 1.12 bits per heavy atom. The van der Waals surface area contributed by atoms with Gasteiger partial charge in [-0.2, -0.15) is 10.2 Å². The minimum absolute atomic E-state index is 0.0759. The third-order valence-corrected chi connectivity index (χ3v) is 9.12. The average molecular weight is 613 g/mol. The van der Waals surface area contributed by atoms with Crippen LogP contribution in [0.15, 0.2) is 40.2 Å². The van der Waals surface area contributed by atoms with Gasteiger partial charge in [-0.05, 0) is 72.1 Å². The molecule has 5 rings (SSSR count). The molecule has 0 N–H and O–H groups in total. The van der Waals surface area contributed by atoms with Gasteiger partial charge in [-0.3, -0.25) is 14.2 Å². The number of nitrogens with zero attached hydrogens (tertiary/aromatic N) is 6. The highest BCUT2D eigenvalue weighted by Gasteiger charge is 2.39. The van der Waals surface area contributed by atoms with E-state index in [9.17, 15) is 18.8 Å². The number of likely N-dealkylation sites (tertiary alicyclic amines) is 1. The molecule has 4 heterocycles. The second kappa shape index (κ2) is 12.0. The number of hydrogen-bond donors (Lipinski definition) is 0. The number of halogens is 1. The third kappa shape index (κ3) is 5.63. The van der Waals surface area contributed by atoms with E-state index in [1.54, 1.807) is 25.7 Å². The van der Waals surface area contributed by atoms with E-state index in [1.807, 2.05) is 13.8 Å². The van der Waals surface area contributed by atoms with E-state index in [-0.39, 0.29) is 23.9 Å². The van der Waals surface area contributed by atoms with Gasteiger partial charge in [0.2, 0.25) is 5.91 Å². The van der Waals surface area contributed by atoms with Gasteiger partial charge >= 0.3 is 5.69 Å². The number of hydrogen-bond acceptors (Lipinski definition) is 8. The molecule has 0 spiro atoms. The van der Waals surface area contributed by atoms with E-state index in [2.05, 4.69) is 10.2 Å². The first-order chi connectivity index (χ1) is 20.4. The minimum Gasteiger partial charge on any atom is -0.496 e. The van der Waals surface area contributed by atoms with Gasteiger partial charge in [0, 0.05) is 24.2 Å². The van der Waals surface area contributed by atoms with Gasteiger partial charge in [0.1, 0.15) is 33.0 Å². The number of rotatable bonds is 9. The molecule has 43 heavy (non-hydrogen) atoms. The summed E-state index contributed by atoms with van der Waals surface area (Å²) in [7, 11) is 1.48. The Balaban J connectivity index is 1.77. The largest absolute Gasteiger partial charge is 0.496 e. The number of fused-ring (bicyclic) bond motifs is 1. The summed E-state index contributed by atoms with van der Waals surface area (Å²) >= 11 is 1.19. The number of amides is 1. The Bertz CT molecular complexity index is 1750. The summed E-state index contributed by atoms with van der Waals surface area (Å²) in [6.07, 6.45) is 4.70. The number of carbonyl (C=O) groups is 1. The molecule has 0 bridgehead atoms. The maximum atomic E-state index is 14.5. The summed E-state index contributed by atoms with van der Waals surface area (Å²) in [5.74, 6) is -0.377. The molecule has 1 aliphatic heterocycles. The number of thiophene rings is 1. The number of aryl methyl sites for hydroxylation is 1. The minimum atomic E-state index is -1.48. The first-order valence-electron chi connectivity index (χ1n) is 14.4. The highest BCUT2D eigenvalue weighted by atomic mass is 32.1. The van der Waals surface area contributed by atoms with Crippen molar-refractivity contribution in [2.75, 3.05) is 20.2 Å². The van der Waals surface area contributed by atoms with Crippen LogP contribution in [0.25, 0.3) is 15.2 Å². The molecule has 1 aromatic carbocycles. The van der Waals surface area contributed by atoms with Gasteiger partial charge in [0.05, 0.1) is 37.5 Å². The van der Waals surface area contributed by atoms with Crippen molar-refractivity contribution in [1.29, 1.82) is 0 Å². The van der Waals surface area contributed by atoms with E-state index in [1.165, 1.54) is 58.4 Å². The fourth-order valence-electron chi connectivity index (χ4n) is 5.75. The number of benzene rings is 1. The summed E-state index contributed by atoms with van der Waals surface area (Å²) in [5.41, 5.74) is -1.72. The van der Waals surface area contributed by atoms with Crippen molar-refractivity contribution < 1.29 is 18.7 Å². The molecule has 1 amide bonds. The summed E-state index contributed by atoms with van der Waals surface area (Å²) in [5, 5.41) is 9.33. The Hall–Kier alpha value is -3.84. The van der Waals surface area contributed by atoms with E-state index in [4.69, 9.17) is 9.47 Å². The first-order valence-corrected chi connectivity index (χ1v) is 15.2. The molecule has 1 unspecified atom stereocenters. The molecule has 0 radical (unpaired) electrons. The van der Waals surface area contributed by atoms with Gasteiger partial charge in [-0.25, -0.2) is 13.8 Å². The molecule has 13 heteroatoms. The number of methoxy groups -OCH3 is 1. The second-order valence-electron chi connectivity index (χ2n) is 11.5. The topological polar surface area (TPSA) is 113 Å². The molecule has 3 aromatic heterocycles. The van der Waals surface area contributed by atoms with Crippen molar-refractivity contribution in [2.24, 2.45) is 0 Å². The fraction of sp³-hybridized carbons (Fsp3) is 0.500. The predicted octanol–water partition coefficient (Wildman–Crippen LogP) is 4.18. The fourth-order valence-corrected chi connectivity index (χ4v) is 6.97. The highest BCUT2D eigenvalue weighted by Crippen LogP contribution is 2.35. The highest BCUT2D eigenvalue weighted by molar-refractivity contribution is 7.21. The molecule has 11 nitrogen and oxygen atoms in total. The predicted molar refractivity (Wildman–Crippen MR) is 162 cm³/mol. The Morgan fingerprint density at radius 2 is 1.79 bits per heavy atom. The van der Waals surface area contributed by atoms with Crippen LogP contribution in [0.4, 0.5) is 4.39 Å². The lowest BCUT2D eigenvalue weighted by atomic mass is 10.00. The molecule has 230 valence electrons. The van der Waals surface area contributed by atoms with Crippen molar-refractivity contribution in [3.05, 3.63) is 68.4 Å². The van der Waals surface area contributed by atoms with Crippen LogP contribution in [-0.4, -0.2) is 61.2 Å². The van der Waals surface area contributed by atoms with Crippen LogP contribution in [0.3, 0.4) is 0 Å². The molecule has 0 saturated carbocycles. The van der Waals surface area contributed by atoms with Crippen molar-refractivity contribution in [3.63, 3.8) is 0 Å². The van der Waals surface area contributed by atoms with Crippen LogP contribution in [-0.2, 0) is 21.6 Å². The number of ether oxygens (including phenoxy) is 2. The van der Waals surface area contributed by atoms with E-state index in [0.717, 1.165) is 23.8 Å². The van der Waals surface area contributed by atoms with Gasteiger partial charge in [0.25, 0.3) is 5.56 Å². The molecule has 0 aliphatic carbocycles. The third-order valence-electron chi connectivity index (χ3n) is 7.84. The van der Waals surface area contributed by atoms with Gasteiger partial charge in [-0.1, -0.05) is 11.3 Å². The smallest absolute Gasteiger partial charge is 0.333 e. The van der Waals surface area contributed by atoms with Crippen molar-refractivity contribution in [1.82, 2.24) is 29.0 Å². The van der Waals surface area contributed by atoms with Crippen molar-refractivity contribution in [3.8, 4) is 10.8 Å². The van der Waals surface area contributed by atoms with Crippen molar-refractivity contribution in [2.45, 2.75) is 78.2 Å². The van der Waals surface area contributed by atoms with Crippen LogP contribution < -0.4 is 16.0 Å². The van der Waals surface area contributed by atoms with Gasteiger partial charge in [0.15, 0.2) is 0 Å². The maximum Gasteiger partial charge on any atom is 0.333 e. The lowest BCUT2D eigenvalue weighted by molar-refractivity contribution is -0.140. The molecule has 1 atom stereocenters. The normalized spacial score (nSPS) is 14.9. The zero-order valence-corrected chi connectivity index (χ0v) is 26.1. The number of carbonyl (C=O) groups excluding carboxylic acids is 1. The molecule has 1 aliphatic rings. The van der Waals surface area contributed by atoms with E-state index in [0.29, 0.717) is 39.8 Å². The summed E-state index contributed by atoms with van der Waals surface area (Å²) < 4.78 is 28.8. The SMILES string of the molecule is COc1ccc(F)cc1C(Cn1c(=O)n(C(C)(C)C(=O)N2CCCCC2)c(=O)c2c(C)c(-n3nccn3)sc21)OC(C)C. The summed E-state index contributed by atoms with van der Waals surface area (Å²) in [6, 6.07) is 4.13. The monoisotopic (exact) mass is 612 g/mol. The van der Waals surface area contributed by atoms with Crippen LogP contribution in [0.1, 0.15) is 64.2 Å². The van der Waals surface area contributed by atoms with Crippen LogP contribution >= 0.6 is 11.3 Å². The molecular weight excluding hydrogens is 575 g/mol. The molecule has 1 fully saturated rings. The Morgan fingerprint density at radius 3 is 2.42 bits per heavy atom. The van der Waals surface area contributed by atoms with Crippen LogP contribution in [0, 0.1) is 12.7 Å². The lowest BCUT2D eigenvalue weighted by Gasteiger charge is -2.35. The lowest BCUT2D eigenvalue weighted by Crippen LogP contribution is -2.57. The summed E-state index contributed by atoms with van der Waals surface area (Å²) in [4.78, 5) is 46.1. The van der Waals surface area contributed by atoms with Gasteiger partial charge in [-0.15, -0.1) is 4.80 Å². The standard InChI is InChI=1S/C30H37FN6O5S/c1-18(2)42-23(21-16-20(31)10-11-22(21)41-6)17-35-27-24(19(3)26(43-27)37-32-12-13-33-37)25(38)36(29(35)40)30(4,5)28(39)34-14-8-7-9-15-34/h10-13,16,18,23H,7-9,14-15,17H2,1-6H3. The van der Waals surface area contributed by atoms with E-state index < -0.39 is 28.7 Å². The van der Waals surface area contributed by atoms with Crippen LogP contribution in [0.5, 0.6) is 5.75 Å². The first kappa shape index (κ1) is 30.6. The quantitative estimate of drug-likeness (QED) is 0.279. The zero-order valence-electron chi connectivity index (χ0n) is 25.3. The molecule has 4 aromatic rings. The average Bonchev–Trinajstić information content (AvgIpc) is 3.62. The zero-order chi connectivity index (χ0) is 31.1.